The lowest BCUT2D eigenvalue weighted by atomic mass is 9.87. The van der Waals surface area contributed by atoms with Crippen LogP contribution in [0.4, 0.5) is 0 Å². The quantitative estimate of drug-likeness (QED) is 0.782. The fourth-order valence-corrected chi connectivity index (χ4v) is 2.36. The van der Waals surface area contributed by atoms with Crippen molar-refractivity contribution in [3.05, 3.63) is 21.9 Å². The summed E-state index contributed by atoms with van der Waals surface area (Å²) in [5.41, 5.74) is 0.321. The third-order valence-corrected chi connectivity index (χ3v) is 3.77. The van der Waals surface area contributed by atoms with Crippen LogP contribution >= 0.6 is 11.3 Å². The molecule has 0 aliphatic carbocycles. The second kappa shape index (κ2) is 4.25. The number of thiophene rings is 1. The van der Waals surface area contributed by atoms with Gasteiger partial charge in [0.2, 0.25) is 0 Å². The smallest absolute Gasteiger partial charge is 0.0105 e. The van der Waals surface area contributed by atoms with Gasteiger partial charge >= 0.3 is 0 Å². The van der Waals surface area contributed by atoms with Gasteiger partial charge in [0.05, 0.1) is 0 Å². The third kappa shape index (κ3) is 2.82. The maximum absolute atomic E-state index is 3.21. The SMILES string of the molecule is CNCCC(C)(C)c1ccc(C)s1. The molecule has 0 aromatic carbocycles. The van der Waals surface area contributed by atoms with Gasteiger partial charge in [0.15, 0.2) is 0 Å². The van der Waals surface area contributed by atoms with E-state index >= 15 is 0 Å². The molecule has 0 saturated heterocycles. The molecular weight excluding hydrogens is 178 g/mol. The standard InChI is InChI=1S/C11H19NS/c1-9-5-6-10(13-9)11(2,3)7-8-12-4/h5-6,12H,7-8H2,1-4H3. The van der Waals surface area contributed by atoms with Gasteiger partial charge < -0.3 is 5.32 Å². The summed E-state index contributed by atoms with van der Waals surface area (Å²) in [7, 11) is 2.01. The van der Waals surface area contributed by atoms with Gasteiger partial charge in [-0.25, -0.2) is 0 Å². The molecule has 0 fully saturated rings. The molecule has 74 valence electrons. The van der Waals surface area contributed by atoms with Crippen LogP contribution in [0, 0.1) is 6.92 Å². The van der Waals surface area contributed by atoms with Crippen LogP contribution in [0.1, 0.15) is 30.0 Å². The molecule has 1 aromatic rings. The van der Waals surface area contributed by atoms with Crippen molar-refractivity contribution in [2.24, 2.45) is 0 Å². The first-order valence-electron chi connectivity index (χ1n) is 4.78. The van der Waals surface area contributed by atoms with E-state index in [0.717, 1.165) is 6.54 Å². The van der Waals surface area contributed by atoms with Crippen molar-refractivity contribution in [3.63, 3.8) is 0 Å². The van der Waals surface area contributed by atoms with Gasteiger partial charge in [0.25, 0.3) is 0 Å². The molecule has 0 saturated carbocycles. The Balaban J connectivity index is 2.68. The Morgan fingerprint density at radius 1 is 1.38 bits per heavy atom. The first-order chi connectivity index (χ1) is 6.06. The topological polar surface area (TPSA) is 12.0 Å². The molecule has 2 heteroatoms. The average Bonchev–Trinajstić information content (AvgIpc) is 2.49. The molecule has 13 heavy (non-hydrogen) atoms. The first kappa shape index (κ1) is 10.7. The third-order valence-electron chi connectivity index (χ3n) is 2.41. The Bertz CT molecular complexity index is 263. The number of rotatable bonds is 4. The minimum absolute atomic E-state index is 0.321. The largest absolute Gasteiger partial charge is 0.320 e. The van der Waals surface area contributed by atoms with Crippen molar-refractivity contribution < 1.29 is 0 Å². The van der Waals surface area contributed by atoms with E-state index in [2.05, 4.69) is 38.2 Å². The normalized spacial score (nSPS) is 12.0. The molecule has 0 unspecified atom stereocenters. The number of hydrogen-bond acceptors (Lipinski definition) is 2. The highest BCUT2D eigenvalue weighted by atomic mass is 32.1. The summed E-state index contributed by atoms with van der Waals surface area (Å²) in [6, 6.07) is 4.47. The molecular formula is C11H19NS. The van der Waals surface area contributed by atoms with Crippen molar-refractivity contribution >= 4 is 11.3 Å². The predicted octanol–water partition coefficient (Wildman–Crippen LogP) is 2.94. The highest BCUT2D eigenvalue weighted by Gasteiger charge is 2.21. The minimum atomic E-state index is 0.321. The molecule has 1 rings (SSSR count). The van der Waals surface area contributed by atoms with Gasteiger partial charge in [0.1, 0.15) is 0 Å². The van der Waals surface area contributed by atoms with Crippen LogP contribution in [0.2, 0.25) is 0 Å². The van der Waals surface area contributed by atoms with E-state index in [9.17, 15) is 0 Å². The van der Waals surface area contributed by atoms with E-state index in [1.54, 1.807) is 0 Å². The Morgan fingerprint density at radius 3 is 2.54 bits per heavy atom. The van der Waals surface area contributed by atoms with E-state index in [0.29, 0.717) is 5.41 Å². The number of nitrogens with one attached hydrogen (secondary N) is 1. The Morgan fingerprint density at radius 2 is 2.08 bits per heavy atom. The van der Waals surface area contributed by atoms with Crippen LogP contribution in [-0.4, -0.2) is 13.6 Å². The lowest BCUT2D eigenvalue weighted by Crippen LogP contribution is -2.22. The maximum atomic E-state index is 3.21. The molecule has 1 heterocycles. The van der Waals surface area contributed by atoms with Crippen molar-refractivity contribution in [3.8, 4) is 0 Å². The molecule has 0 radical (unpaired) electrons. The fourth-order valence-electron chi connectivity index (χ4n) is 1.36. The highest BCUT2D eigenvalue weighted by Crippen LogP contribution is 2.32. The summed E-state index contributed by atoms with van der Waals surface area (Å²) in [4.78, 5) is 2.91. The Labute approximate surface area is 85.2 Å². The van der Waals surface area contributed by atoms with Crippen LogP contribution < -0.4 is 5.32 Å². The first-order valence-corrected chi connectivity index (χ1v) is 5.59. The number of hydrogen-bond donors (Lipinski definition) is 1. The molecule has 0 spiro atoms. The minimum Gasteiger partial charge on any atom is -0.320 e. The van der Waals surface area contributed by atoms with Crippen LogP contribution in [0.25, 0.3) is 0 Å². The van der Waals surface area contributed by atoms with Gasteiger partial charge in [-0.1, -0.05) is 13.8 Å². The summed E-state index contributed by atoms with van der Waals surface area (Å²) in [5, 5.41) is 3.21. The number of aryl methyl sites for hydroxylation is 1. The molecule has 0 bridgehead atoms. The van der Waals surface area contributed by atoms with E-state index in [-0.39, 0.29) is 0 Å². The van der Waals surface area contributed by atoms with Crippen molar-refractivity contribution in [2.75, 3.05) is 13.6 Å². The van der Waals surface area contributed by atoms with Crippen LogP contribution in [0.3, 0.4) is 0 Å². The van der Waals surface area contributed by atoms with Gasteiger partial charge in [-0.05, 0) is 39.1 Å². The van der Waals surface area contributed by atoms with Gasteiger partial charge in [-0.3, -0.25) is 0 Å². The van der Waals surface area contributed by atoms with Crippen molar-refractivity contribution in [1.29, 1.82) is 0 Å². The van der Waals surface area contributed by atoms with E-state index < -0.39 is 0 Å². The molecule has 0 amide bonds. The van der Waals surface area contributed by atoms with Gasteiger partial charge in [0, 0.05) is 15.2 Å². The zero-order chi connectivity index (χ0) is 9.90. The Hall–Kier alpha value is -0.340. The second-order valence-electron chi connectivity index (χ2n) is 4.15. The lowest BCUT2D eigenvalue weighted by molar-refractivity contribution is 0.477. The summed E-state index contributed by atoms with van der Waals surface area (Å²) in [5.74, 6) is 0. The second-order valence-corrected chi connectivity index (χ2v) is 5.44. The van der Waals surface area contributed by atoms with E-state index in [1.807, 2.05) is 18.4 Å². The van der Waals surface area contributed by atoms with Gasteiger partial charge in [-0.2, -0.15) is 0 Å². The molecule has 1 aromatic heterocycles. The molecule has 0 atom stereocenters. The molecule has 0 aliphatic heterocycles. The Kier molecular flexibility index (Phi) is 3.51. The predicted molar refractivity (Wildman–Crippen MR) is 60.6 cm³/mol. The molecule has 0 aliphatic rings. The van der Waals surface area contributed by atoms with Crippen LogP contribution in [0.5, 0.6) is 0 Å². The highest BCUT2D eigenvalue weighted by molar-refractivity contribution is 7.12. The van der Waals surface area contributed by atoms with Crippen LogP contribution in [-0.2, 0) is 5.41 Å². The van der Waals surface area contributed by atoms with Gasteiger partial charge in [-0.15, -0.1) is 11.3 Å². The molecule has 1 N–H and O–H groups in total. The monoisotopic (exact) mass is 197 g/mol. The fraction of sp³-hybridized carbons (Fsp3) is 0.636. The summed E-state index contributed by atoms with van der Waals surface area (Å²) in [6.07, 6.45) is 1.20. The van der Waals surface area contributed by atoms with Crippen molar-refractivity contribution in [2.45, 2.75) is 32.6 Å². The van der Waals surface area contributed by atoms with Crippen molar-refractivity contribution in [1.82, 2.24) is 5.32 Å². The van der Waals surface area contributed by atoms with E-state index in [1.165, 1.54) is 16.2 Å². The summed E-state index contributed by atoms with van der Waals surface area (Å²) >= 11 is 1.92. The maximum Gasteiger partial charge on any atom is 0.0105 e. The lowest BCUT2D eigenvalue weighted by Gasteiger charge is -2.22. The summed E-state index contributed by atoms with van der Waals surface area (Å²) in [6.45, 7) is 7.89. The zero-order valence-electron chi connectivity index (χ0n) is 8.98. The molecule has 1 nitrogen and oxygen atoms in total. The van der Waals surface area contributed by atoms with E-state index in [4.69, 9.17) is 0 Å². The van der Waals surface area contributed by atoms with Crippen LogP contribution in [0.15, 0.2) is 12.1 Å². The summed E-state index contributed by atoms with van der Waals surface area (Å²) < 4.78 is 0. The average molecular weight is 197 g/mol. The zero-order valence-corrected chi connectivity index (χ0v) is 9.79.